The third-order valence-electron chi connectivity index (χ3n) is 3.28. The quantitative estimate of drug-likeness (QED) is 0.857. The van der Waals surface area contributed by atoms with Crippen molar-refractivity contribution in [1.29, 1.82) is 0 Å². The molecule has 0 aliphatic carbocycles. The van der Waals surface area contributed by atoms with E-state index < -0.39 is 5.97 Å². The predicted octanol–water partition coefficient (Wildman–Crippen LogP) is 1.84. The highest BCUT2D eigenvalue weighted by molar-refractivity contribution is 6.31. The van der Waals surface area contributed by atoms with Gasteiger partial charge in [0.2, 0.25) is 0 Å². The summed E-state index contributed by atoms with van der Waals surface area (Å²) in [5, 5.41) is 9.92. The fraction of sp³-hybridized carbons (Fsp3) is 0.467. The molecule has 1 amide bonds. The minimum Gasteiger partial charge on any atom is -0.507 e. The number of aromatic hydroxyl groups is 1. The first kappa shape index (κ1) is 16.6. The van der Waals surface area contributed by atoms with Crippen LogP contribution in [0.25, 0.3) is 0 Å². The number of halogens is 1. The molecule has 0 radical (unpaired) electrons. The summed E-state index contributed by atoms with van der Waals surface area (Å²) in [5.41, 5.74) is -0.0657. The maximum atomic E-state index is 12.1. The molecule has 1 aliphatic rings. The normalized spacial score (nSPS) is 21.5. The number of amides is 1. The van der Waals surface area contributed by atoms with Crippen LogP contribution in [0.3, 0.4) is 0 Å². The van der Waals surface area contributed by atoms with Gasteiger partial charge in [-0.05, 0) is 32.0 Å². The maximum absolute atomic E-state index is 12.1. The standard InChI is InChI=1S/C15H18ClNO5/c1-9-6-17(7-10(2)22-9)14(19)8-21-15(20)12-5-11(16)3-4-13(12)18/h3-5,9-10,18H,6-8H2,1-2H3/t9-,10-/m0/s1. The summed E-state index contributed by atoms with van der Waals surface area (Å²) in [5.74, 6) is -1.32. The average molecular weight is 328 g/mol. The van der Waals surface area contributed by atoms with Gasteiger partial charge in [0, 0.05) is 18.1 Å². The van der Waals surface area contributed by atoms with Gasteiger partial charge in [0.15, 0.2) is 6.61 Å². The number of carbonyl (C=O) groups excluding carboxylic acids is 2. The second kappa shape index (κ2) is 6.98. The number of benzene rings is 1. The van der Waals surface area contributed by atoms with Gasteiger partial charge in [-0.15, -0.1) is 0 Å². The first-order chi connectivity index (χ1) is 10.4. The molecule has 22 heavy (non-hydrogen) atoms. The fourth-order valence-electron chi connectivity index (χ4n) is 2.35. The number of phenolic OH excluding ortho intramolecular Hbond substituents is 1. The highest BCUT2D eigenvalue weighted by Gasteiger charge is 2.26. The van der Waals surface area contributed by atoms with Crippen molar-refractivity contribution < 1.29 is 24.2 Å². The Hall–Kier alpha value is -1.79. The van der Waals surface area contributed by atoms with Gasteiger partial charge < -0.3 is 19.5 Å². The molecule has 1 aromatic rings. The van der Waals surface area contributed by atoms with Gasteiger partial charge in [-0.2, -0.15) is 0 Å². The van der Waals surface area contributed by atoms with Crippen LogP contribution in [0.4, 0.5) is 0 Å². The Bertz CT molecular complexity index is 567. The first-order valence-electron chi connectivity index (χ1n) is 6.95. The number of carbonyl (C=O) groups is 2. The van der Waals surface area contributed by atoms with Crippen molar-refractivity contribution in [3.05, 3.63) is 28.8 Å². The molecule has 2 atom stereocenters. The van der Waals surface area contributed by atoms with Gasteiger partial charge >= 0.3 is 5.97 Å². The zero-order valence-corrected chi connectivity index (χ0v) is 13.2. The second-order valence-corrected chi connectivity index (χ2v) is 5.73. The highest BCUT2D eigenvalue weighted by atomic mass is 35.5. The van der Waals surface area contributed by atoms with Crippen LogP contribution in [0.5, 0.6) is 5.75 Å². The largest absolute Gasteiger partial charge is 0.507 e. The van der Waals surface area contributed by atoms with Crippen LogP contribution in [-0.2, 0) is 14.3 Å². The predicted molar refractivity (Wildman–Crippen MR) is 80.0 cm³/mol. The molecule has 0 saturated carbocycles. The Morgan fingerprint density at radius 1 is 1.36 bits per heavy atom. The zero-order chi connectivity index (χ0) is 16.3. The van der Waals surface area contributed by atoms with E-state index in [0.717, 1.165) is 0 Å². The van der Waals surface area contributed by atoms with E-state index in [1.54, 1.807) is 4.90 Å². The number of rotatable bonds is 3. The molecule has 120 valence electrons. The Labute approximate surface area is 133 Å². The Morgan fingerprint density at radius 3 is 2.64 bits per heavy atom. The summed E-state index contributed by atoms with van der Waals surface area (Å²) < 4.78 is 10.5. The minimum absolute atomic E-state index is 0.0552. The molecular formula is C15H18ClNO5. The Morgan fingerprint density at radius 2 is 2.00 bits per heavy atom. The number of ether oxygens (including phenoxy) is 2. The van der Waals surface area contributed by atoms with Crippen molar-refractivity contribution in [2.24, 2.45) is 0 Å². The van der Waals surface area contributed by atoms with Crippen LogP contribution in [0.2, 0.25) is 5.02 Å². The molecule has 0 unspecified atom stereocenters. The van der Waals surface area contributed by atoms with E-state index in [0.29, 0.717) is 18.1 Å². The van der Waals surface area contributed by atoms with Crippen molar-refractivity contribution in [1.82, 2.24) is 4.90 Å². The number of hydrogen-bond acceptors (Lipinski definition) is 5. The second-order valence-electron chi connectivity index (χ2n) is 5.29. The molecule has 1 aliphatic heterocycles. The molecule has 1 aromatic carbocycles. The Balaban J connectivity index is 1.93. The SMILES string of the molecule is C[C@H]1CN(C(=O)COC(=O)c2cc(Cl)ccc2O)C[C@H](C)O1. The third kappa shape index (κ3) is 4.11. The zero-order valence-electron chi connectivity index (χ0n) is 12.4. The van der Waals surface area contributed by atoms with Gasteiger partial charge in [0.05, 0.1) is 12.2 Å². The fourth-order valence-corrected chi connectivity index (χ4v) is 2.52. The molecule has 1 heterocycles. The molecule has 0 bridgehead atoms. The van der Waals surface area contributed by atoms with Gasteiger partial charge in [0.1, 0.15) is 11.3 Å². The number of hydrogen-bond donors (Lipinski definition) is 1. The lowest BCUT2D eigenvalue weighted by molar-refractivity contribution is -0.146. The van der Waals surface area contributed by atoms with Crippen LogP contribution in [0.15, 0.2) is 18.2 Å². The number of morpholine rings is 1. The van der Waals surface area contributed by atoms with E-state index >= 15 is 0 Å². The molecule has 1 N–H and O–H groups in total. The van der Waals surface area contributed by atoms with Crippen LogP contribution in [-0.4, -0.2) is 53.8 Å². The van der Waals surface area contributed by atoms with E-state index in [2.05, 4.69) is 0 Å². The lowest BCUT2D eigenvalue weighted by Gasteiger charge is -2.35. The van der Waals surface area contributed by atoms with Crippen molar-refractivity contribution in [2.75, 3.05) is 19.7 Å². The lowest BCUT2D eigenvalue weighted by atomic mass is 10.2. The monoisotopic (exact) mass is 327 g/mol. The molecule has 0 spiro atoms. The smallest absolute Gasteiger partial charge is 0.342 e. The Kier molecular flexibility index (Phi) is 5.26. The molecular weight excluding hydrogens is 310 g/mol. The first-order valence-corrected chi connectivity index (χ1v) is 7.33. The number of nitrogens with zero attached hydrogens (tertiary/aromatic N) is 1. The lowest BCUT2D eigenvalue weighted by Crippen LogP contribution is -2.49. The highest BCUT2D eigenvalue weighted by Crippen LogP contribution is 2.22. The average Bonchev–Trinajstić information content (AvgIpc) is 2.45. The number of esters is 1. The summed E-state index contributed by atoms with van der Waals surface area (Å²) in [7, 11) is 0. The van der Waals surface area contributed by atoms with E-state index in [-0.39, 0.29) is 36.0 Å². The molecule has 2 rings (SSSR count). The van der Waals surface area contributed by atoms with Crippen LogP contribution in [0, 0.1) is 0 Å². The summed E-state index contributed by atoms with van der Waals surface area (Å²) >= 11 is 5.77. The molecule has 1 saturated heterocycles. The molecule has 0 aromatic heterocycles. The van der Waals surface area contributed by atoms with E-state index in [9.17, 15) is 14.7 Å². The van der Waals surface area contributed by atoms with Crippen LogP contribution in [0.1, 0.15) is 24.2 Å². The van der Waals surface area contributed by atoms with Crippen molar-refractivity contribution in [3.8, 4) is 5.75 Å². The summed E-state index contributed by atoms with van der Waals surface area (Å²) in [6, 6.07) is 4.05. The van der Waals surface area contributed by atoms with Crippen molar-refractivity contribution >= 4 is 23.5 Å². The maximum Gasteiger partial charge on any atom is 0.342 e. The minimum atomic E-state index is -0.789. The summed E-state index contributed by atoms with van der Waals surface area (Å²) in [6.45, 7) is 4.30. The van der Waals surface area contributed by atoms with Crippen LogP contribution < -0.4 is 0 Å². The van der Waals surface area contributed by atoms with Gasteiger partial charge in [-0.1, -0.05) is 11.6 Å². The molecule has 6 nitrogen and oxygen atoms in total. The summed E-state index contributed by atoms with van der Waals surface area (Å²) in [6.07, 6.45) is -0.110. The van der Waals surface area contributed by atoms with Gasteiger partial charge in [-0.3, -0.25) is 4.79 Å². The topological polar surface area (TPSA) is 76.1 Å². The van der Waals surface area contributed by atoms with E-state index in [1.807, 2.05) is 13.8 Å². The van der Waals surface area contributed by atoms with Gasteiger partial charge in [0.25, 0.3) is 5.91 Å². The number of phenols is 1. The van der Waals surface area contributed by atoms with Crippen LogP contribution >= 0.6 is 11.6 Å². The van der Waals surface area contributed by atoms with E-state index in [4.69, 9.17) is 21.1 Å². The molecule has 1 fully saturated rings. The van der Waals surface area contributed by atoms with E-state index in [1.165, 1.54) is 18.2 Å². The van der Waals surface area contributed by atoms with Crippen molar-refractivity contribution in [2.45, 2.75) is 26.1 Å². The van der Waals surface area contributed by atoms with Gasteiger partial charge in [-0.25, -0.2) is 4.79 Å². The third-order valence-corrected chi connectivity index (χ3v) is 3.51. The molecule has 7 heteroatoms. The van der Waals surface area contributed by atoms with Crippen molar-refractivity contribution in [3.63, 3.8) is 0 Å². The summed E-state index contributed by atoms with van der Waals surface area (Å²) in [4.78, 5) is 25.6.